The summed E-state index contributed by atoms with van der Waals surface area (Å²) in [7, 11) is 0. The van der Waals surface area contributed by atoms with Gasteiger partial charge < -0.3 is 11.1 Å². The molecule has 0 radical (unpaired) electrons. The van der Waals surface area contributed by atoms with Gasteiger partial charge in [0.05, 0.1) is 0 Å². The molecule has 1 aliphatic rings. The summed E-state index contributed by atoms with van der Waals surface area (Å²) >= 11 is 0. The first-order valence-corrected chi connectivity index (χ1v) is 6.16. The molecule has 0 aromatic heterocycles. The molecule has 1 aromatic rings. The average Bonchev–Trinajstić information content (AvgIpc) is 2.84. The molecule has 3 N–H and O–H groups in total. The van der Waals surface area contributed by atoms with E-state index >= 15 is 0 Å². The quantitative estimate of drug-likeness (QED) is 0.589. The predicted molar refractivity (Wildman–Crippen MR) is 69.4 cm³/mol. The van der Waals surface area contributed by atoms with Crippen molar-refractivity contribution < 1.29 is 0 Å². The lowest BCUT2D eigenvalue weighted by molar-refractivity contribution is 0.535. The molecular formula is C14H22N2. The number of aryl methyl sites for hydroxylation is 1. The molecule has 16 heavy (non-hydrogen) atoms. The van der Waals surface area contributed by atoms with Gasteiger partial charge in [0, 0.05) is 11.7 Å². The van der Waals surface area contributed by atoms with Crippen LogP contribution in [0.1, 0.15) is 32.3 Å². The fourth-order valence-corrected chi connectivity index (χ4v) is 2.07. The Labute approximate surface area is 98.2 Å². The molecule has 2 heteroatoms. The van der Waals surface area contributed by atoms with E-state index in [0.717, 1.165) is 24.7 Å². The van der Waals surface area contributed by atoms with E-state index in [9.17, 15) is 0 Å². The van der Waals surface area contributed by atoms with E-state index < -0.39 is 0 Å². The van der Waals surface area contributed by atoms with Crippen molar-refractivity contribution in [3.8, 4) is 0 Å². The maximum Gasteiger partial charge on any atom is 0.0314 e. The minimum Gasteiger partial charge on any atom is -0.399 e. The van der Waals surface area contributed by atoms with Crippen molar-refractivity contribution in [1.29, 1.82) is 0 Å². The molecule has 1 atom stereocenters. The Balaban J connectivity index is 1.63. The predicted octanol–water partition coefficient (Wildman–Crippen LogP) is 2.59. The van der Waals surface area contributed by atoms with Gasteiger partial charge in [-0.2, -0.15) is 0 Å². The number of anilines is 1. The topological polar surface area (TPSA) is 38.0 Å². The second-order valence-corrected chi connectivity index (χ2v) is 5.54. The zero-order chi connectivity index (χ0) is 11.6. The lowest BCUT2D eigenvalue weighted by Gasteiger charge is -2.06. The van der Waals surface area contributed by atoms with Crippen molar-refractivity contribution in [1.82, 2.24) is 5.32 Å². The first-order chi connectivity index (χ1) is 7.58. The fraction of sp³-hybridized carbons (Fsp3) is 0.571. The minimum atomic E-state index is 0.543. The third kappa shape index (κ3) is 2.99. The van der Waals surface area contributed by atoms with Crippen LogP contribution in [0.4, 0.5) is 5.69 Å². The first-order valence-electron chi connectivity index (χ1n) is 6.16. The van der Waals surface area contributed by atoms with Gasteiger partial charge in [-0.1, -0.05) is 26.0 Å². The van der Waals surface area contributed by atoms with Crippen molar-refractivity contribution in [2.45, 2.75) is 39.2 Å². The van der Waals surface area contributed by atoms with Crippen LogP contribution in [0.15, 0.2) is 24.3 Å². The highest BCUT2D eigenvalue weighted by atomic mass is 15.0. The Bertz CT molecular complexity index is 340. The highest BCUT2D eigenvalue weighted by Crippen LogP contribution is 2.44. The Hall–Kier alpha value is -1.02. The average molecular weight is 218 g/mol. The van der Waals surface area contributed by atoms with E-state index in [4.69, 9.17) is 5.73 Å². The first kappa shape index (κ1) is 11.5. The lowest BCUT2D eigenvalue weighted by atomic mass is 10.1. The smallest absolute Gasteiger partial charge is 0.0314 e. The van der Waals surface area contributed by atoms with Crippen molar-refractivity contribution in [3.05, 3.63) is 29.8 Å². The van der Waals surface area contributed by atoms with E-state index in [2.05, 4.69) is 31.3 Å². The zero-order valence-electron chi connectivity index (χ0n) is 10.3. The molecule has 1 aromatic carbocycles. The molecule has 0 bridgehead atoms. The van der Waals surface area contributed by atoms with Crippen LogP contribution in [0, 0.1) is 5.41 Å². The van der Waals surface area contributed by atoms with Gasteiger partial charge in [0.2, 0.25) is 0 Å². The maximum absolute atomic E-state index is 5.65. The molecule has 0 heterocycles. The number of benzene rings is 1. The number of nitrogens with two attached hydrogens (primary N) is 1. The monoisotopic (exact) mass is 218 g/mol. The van der Waals surface area contributed by atoms with Gasteiger partial charge in [0.1, 0.15) is 0 Å². The van der Waals surface area contributed by atoms with Gasteiger partial charge in [-0.3, -0.25) is 0 Å². The molecule has 2 rings (SSSR count). The number of hydrogen-bond acceptors (Lipinski definition) is 2. The Kier molecular flexibility index (Phi) is 3.20. The highest BCUT2D eigenvalue weighted by Gasteiger charge is 2.44. The van der Waals surface area contributed by atoms with E-state index in [0.29, 0.717) is 5.41 Å². The Morgan fingerprint density at radius 3 is 2.50 bits per heavy atom. The maximum atomic E-state index is 5.65. The van der Waals surface area contributed by atoms with Crippen LogP contribution < -0.4 is 11.1 Å². The number of nitrogen functional groups attached to an aromatic ring is 1. The van der Waals surface area contributed by atoms with Crippen molar-refractivity contribution >= 4 is 5.69 Å². The summed E-state index contributed by atoms with van der Waals surface area (Å²) in [6.45, 7) is 5.77. The molecule has 0 aliphatic heterocycles. The summed E-state index contributed by atoms with van der Waals surface area (Å²) in [5.74, 6) is 0. The molecular weight excluding hydrogens is 196 g/mol. The highest BCUT2D eigenvalue weighted by molar-refractivity contribution is 5.39. The van der Waals surface area contributed by atoms with Crippen LogP contribution in [0.5, 0.6) is 0 Å². The van der Waals surface area contributed by atoms with Crippen LogP contribution in [0.2, 0.25) is 0 Å². The molecule has 0 amide bonds. The van der Waals surface area contributed by atoms with Crippen LogP contribution in [0.3, 0.4) is 0 Å². The van der Waals surface area contributed by atoms with E-state index in [1.54, 1.807) is 0 Å². The van der Waals surface area contributed by atoms with Gasteiger partial charge in [0.15, 0.2) is 0 Å². The Morgan fingerprint density at radius 2 is 1.94 bits per heavy atom. The molecule has 1 aliphatic carbocycles. The normalized spacial score (nSPS) is 22.0. The fourth-order valence-electron chi connectivity index (χ4n) is 2.07. The summed E-state index contributed by atoms with van der Waals surface area (Å²) < 4.78 is 0. The van der Waals surface area contributed by atoms with Crippen LogP contribution >= 0.6 is 0 Å². The summed E-state index contributed by atoms with van der Waals surface area (Å²) in [6, 6.07) is 8.95. The SMILES string of the molecule is CC1(C)CC1NCCCc1ccc(N)cc1. The van der Waals surface area contributed by atoms with Crippen LogP contribution in [-0.2, 0) is 6.42 Å². The molecule has 1 unspecified atom stereocenters. The number of rotatable bonds is 5. The summed E-state index contributed by atoms with van der Waals surface area (Å²) in [4.78, 5) is 0. The largest absolute Gasteiger partial charge is 0.399 e. The molecule has 88 valence electrons. The van der Waals surface area contributed by atoms with Crippen molar-refractivity contribution in [2.75, 3.05) is 12.3 Å². The summed E-state index contributed by atoms with van der Waals surface area (Å²) in [6.07, 6.45) is 3.67. The molecule has 1 saturated carbocycles. The third-order valence-corrected chi connectivity index (χ3v) is 3.53. The van der Waals surface area contributed by atoms with Gasteiger partial charge >= 0.3 is 0 Å². The molecule has 1 fully saturated rings. The van der Waals surface area contributed by atoms with Crippen molar-refractivity contribution in [2.24, 2.45) is 5.41 Å². The van der Waals surface area contributed by atoms with Gasteiger partial charge in [-0.15, -0.1) is 0 Å². The standard InChI is InChI=1S/C14H22N2/c1-14(2)10-13(14)16-9-3-4-11-5-7-12(15)8-6-11/h5-8,13,16H,3-4,9-10,15H2,1-2H3. The molecule has 0 spiro atoms. The van der Waals surface area contributed by atoms with E-state index in [1.807, 2.05) is 12.1 Å². The van der Waals surface area contributed by atoms with Gasteiger partial charge in [0.25, 0.3) is 0 Å². The molecule has 2 nitrogen and oxygen atoms in total. The van der Waals surface area contributed by atoms with Crippen LogP contribution in [0.25, 0.3) is 0 Å². The summed E-state index contributed by atoms with van der Waals surface area (Å²) in [5, 5.41) is 3.60. The van der Waals surface area contributed by atoms with Crippen LogP contribution in [-0.4, -0.2) is 12.6 Å². The number of hydrogen-bond donors (Lipinski definition) is 2. The number of nitrogens with one attached hydrogen (secondary N) is 1. The second-order valence-electron chi connectivity index (χ2n) is 5.54. The zero-order valence-corrected chi connectivity index (χ0v) is 10.3. The van der Waals surface area contributed by atoms with Crippen molar-refractivity contribution in [3.63, 3.8) is 0 Å². The van der Waals surface area contributed by atoms with Gasteiger partial charge in [-0.05, 0) is 48.9 Å². The lowest BCUT2D eigenvalue weighted by Crippen LogP contribution is -2.22. The minimum absolute atomic E-state index is 0.543. The van der Waals surface area contributed by atoms with E-state index in [1.165, 1.54) is 18.4 Å². The van der Waals surface area contributed by atoms with Gasteiger partial charge in [-0.25, -0.2) is 0 Å². The third-order valence-electron chi connectivity index (χ3n) is 3.53. The molecule has 0 saturated heterocycles. The van der Waals surface area contributed by atoms with E-state index in [-0.39, 0.29) is 0 Å². The second kappa shape index (κ2) is 4.46. The Morgan fingerprint density at radius 1 is 1.31 bits per heavy atom. The summed E-state index contributed by atoms with van der Waals surface area (Å²) in [5.41, 5.74) is 8.42.